The average molecular weight is 213 g/mol. The van der Waals surface area contributed by atoms with Crippen LogP contribution >= 0.6 is 0 Å². The molecule has 0 aliphatic rings. The van der Waals surface area contributed by atoms with Crippen molar-refractivity contribution in [1.29, 1.82) is 0 Å². The predicted octanol–water partition coefficient (Wildman–Crippen LogP) is 2.56. The van der Waals surface area contributed by atoms with Gasteiger partial charge in [-0.2, -0.15) is 0 Å². The van der Waals surface area contributed by atoms with Gasteiger partial charge in [0.1, 0.15) is 17.7 Å². The first kappa shape index (κ1) is 9.03. The molecule has 4 heteroatoms. The maximum absolute atomic E-state index is 12.8. The molecule has 0 saturated heterocycles. The van der Waals surface area contributed by atoms with Crippen molar-refractivity contribution in [3.8, 4) is 5.69 Å². The number of halogens is 1. The van der Waals surface area contributed by atoms with E-state index >= 15 is 0 Å². The second kappa shape index (κ2) is 3.41. The zero-order valence-electron chi connectivity index (χ0n) is 8.34. The number of imidazole rings is 1. The molecule has 2 heterocycles. The Labute approximate surface area is 91.2 Å². The monoisotopic (exact) mass is 213 g/mol. The number of pyridine rings is 1. The Hall–Kier alpha value is -2.23. The fourth-order valence-electron chi connectivity index (χ4n) is 1.67. The van der Waals surface area contributed by atoms with Crippen LogP contribution in [0.4, 0.5) is 4.39 Å². The van der Waals surface area contributed by atoms with E-state index in [-0.39, 0.29) is 5.82 Å². The Balaban J connectivity index is 2.22. The van der Waals surface area contributed by atoms with Gasteiger partial charge in [-0.3, -0.25) is 9.55 Å². The molecule has 1 aromatic carbocycles. The number of aromatic nitrogens is 3. The van der Waals surface area contributed by atoms with E-state index < -0.39 is 0 Å². The minimum atomic E-state index is -0.241. The average Bonchev–Trinajstić information content (AvgIpc) is 2.74. The van der Waals surface area contributed by atoms with Crippen molar-refractivity contribution in [3.63, 3.8) is 0 Å². The molecule has 3 rings (SSSR count). The largest absolute Gasteiger partial charge is 0.299 e. The summed E-state index contributed by atoms with van der Waals surface area (Å²) in [7, 11) is 0. The summed E-state index contributed by atoms with van der Waals surface area (Å²) in [4.78, 5) is 8.22. The van der Waals surface area contributed by atoms with Gasteiger partial charge in [0.25, 0.3) is 0 Å². The molecule has 3 aromatic rings. The number of fused-ring (bicyclic) bond motifs is 1. The van der Waals surface area contributed by atoms with Crippen molar-refractivity contribution < 1.29 is 4.39 Å². The first-order valence-corrected chi connectivity index (χ1v) is 4.87. The van der Waals surface area contributed by atoms with Gasteiger partial charge in [-0.25, -0.2) is 9.37 Å². The van der Waals surface area contributed by atoms with Crippen molar-refractivity contribution in [1.82, 2.24) is 14.5 Å². The zero-order valence-corrected chi connectivity index (χ0v) is 8.34. The maximum Gasteiger partial charge on any atom is 0.123 e. The summed E-state index contributed by atoms with van der Waals surface area (Å²) in [6.45, 7) is 0. The predicted molar refractivity (Wildman–Crippen MR) is 58.8 cm³/mol. The van der Waals surface area contributed by atoms with Crippen molar-refractivity contribution in [2.24, 2.45) is 0 Å². The smallest absolute Gasteiger partial charge is 0.123 e. The quantitative estimate of drug-likeness (QED) is 0.622. The Morgan fingerprint density at radius 1 is 1.06 bits per heavy atom. The lowest BCUT2D eigenvalue weighted by molar-refractivity contribution is 0.627. The molecule has 0 radical (unpaired) electrons. The van der Waals surface area contributed by atoms with E-state index in [1.54, 1.807) is 30.9 Å². The van der Waals surface area contributed by atoms with E-state index in [9.17, 15) is 4.39 Å². The normalized spacial score (nSPS) is 10.8. The minimum absolute atomic E-state index is 0.241. The highest BCUT2D eigenvalue weighted by molar-refractivity contribution is 5.75. The van der Waals surface area contributed by atoms with Gasteiger partial charge in [0.2, 0.25) is 0 Å². The summed E-state index contributed by atoms with van der Waals surface area (Å²) >= 11 is 0. The molecule has 78 valence electrons. The van der Waals surface area contributed by atoms with E-state index in [0.717, 1.165) is 16.7 Å². The second-order valence-corrected chi connectivity index (χ2v) is 3.46. The van der Waals surface area contributed by atoms with Gasteiger partial charge in [-0.15, -0.1) is 0 Å². The summed E-state index contributed by atoms with van der Waals surface area (Å²) in [5.41, 5.74) is 2.67. The molecule has 0 saturated carbocycles. The van der Waals surface area contributed by atoms with Crippen LogP contribution in [0, 0.1) is 5.82 Å². The highest BCUT2D eigenvalue weighted by Gasteiger charge is 2.03. The number of nitrogens with zero attached hydrogens (tertiary/aromatic N) is 3. The van der Waals surface area contributed by atoms with Gasteiger partial charge >= 0.3 is 0 Å². The number of hydrogen-bond acceptors (Lipinski definition) is 2. The number of hydrogen-bond donors (Lipinski definition) is 0. The van der Waals surface area contributed by atoms with Crippen LogP contribution in [0.3, 0.4) is 0 Å². The summed E-state index contributed by atoms with van der Waals surface area (Å²) < 4.78 is 14.7. The second-order valence-electron chi connectivity index (χ2n) is 3.46. The fourth-order valence-corrected chi connectivity index (χ4v) is 1.67. The Morgan fingerprint density at radius 2 is 1.88 bits per heavy atom. The third kappa shape index (κ3) is 1.35. The molecule has 3 nitrogen and oxygen atoms in total. The SMILES string of the molecule is Fc1ccc(-n2cnc3cnccc32)cc1. The van der Waals surface area contributed by atoms with Gasteiger partial charge < -0.3 is 0 Å². The molecule has 0 aliphatic carbocycles. The highest BCUT2D eigenvalue weighted by Crippen LogP contribution is 2.16. The van der Waals surface area contributed by atoms with Gasteiger partial charge in [0, 0.05) is 11.9 Å². The Kier molecular flexibility index (Phi) is 1.93. The zero-order chi connectivity index (χ0) is 11.0. The van der Waals surface area contributed by atoms with Crippen LogP contribution in [-0.2, 0) is 0 Å². The van der Waals surface area contributed by atoms with E-state index in [1.807, 2.05) is 10.6 Å². The Bertz CT molecular complexity index is 628. The van der Waals surface area contributed by atoms with Crippen LogP contribution < -0.4 is 0 Å². The minimum Gasteiger partial charge on any atom is -0.299 e. The van der Waals surface area contributed by atoms with E-state index in [0.29, 0.717) is 0 Å². The summed E-state index contributed by atoms with van der Waals surface area (Å²) in [5, 5.41) is 0. The first-order chi connectivity index (χ1) is 7.84. The molecule has 0 N–H and O–H groups in total. The van der Waals surface area contributed by atoms with Gasteiger partial charge in [0.05, 0.1) is 11.7 Å². The summed E-state index contributed by atoms with van der Waals surface area (Å²) in [6.07, 6.45) is 5.12. The van der Waals surface area contributed by atoms with Crippen LogP contribution in [0.1, 0.15) is 0 Å². The van der Waals surface area contributed by atoms with Crippen molar-refractivity contribution >= 4 is 11.0 Å². The van der Waals surface area contributed by atoms with E-state index in [4.69, 9.17) is 0 Å². The van der Waals surface area contributed by atoms with Crippen molar-refractivity contribution in [3.05, 3.63) is 54.9 Å². The van der Waals surface area contributed by atoms with E-state index in [1.165, 1.54) is 12.1 Å². The standard InChI is InChI=1S/C12H8FN3/c13-9-1-3-10(4-2-9)16-8-15-11-7-14-6-5-12(11)16/h1-8H. The van der Waals surface area contributed by atoms with Gasteiger partial charge in [-0.05, 0) is 30.3 Å². The van der Waals surface area contributed by atoms with Crippen LogP contribution in [0.15, 0.2) is 49.1 Å². The van der Waals surface area contributed by atoms with Crippen LogP contribution in [-0.4, -0.2) is 14.5 Å². The topological polar surface area (TPSA) is 30.7 Å². The third-order valence-electron chi connectivity index (χ3n) is 2.45. The third-order valence-corrected chi connectivity index (χ3v) is 2.45. The molecule has 0 unspecified atom stereocenters. The molecule has 2 aromatic heterocycles. The fraction of sp³-hybridized carbons (Fsp3) is 0. The molecule has 0 aliphatic heterocycles. The van der Waals surface area contributed by atoms with Gasteiger partial charge in [0.15, 0.2) is 0 Å². The number of rotatable bonds is 1. The first-order valence-electron chi connectivity index (χ1n) is 4.87. The molecule has 0 atom stereocenters. The van der Waals surface area contributed by atoms with Crippen LogP contribution in [0.5, 0.6) is 0 Å². The summed E-state index contributed by atoms with van der Waals surface area (Å²) in [6, 6.07) is 8.18. The van der Waals surface area contributed by atoms with Crippen molar-refractivity contribution in [2.75, 3.05) is 0 Å². The molecule has 0 spiro atoms. The van der Waals surface area contributed by atoms with Crippen LogP contribution in [0.25, 0.3) is 16.7 Å². The lowest BCUT2D eigenvalue weighted by Crippen LogP contribution is -1.91. The molecule has 0 amide bonds. The molecule has 0 bridgehead atoms. The molecular formula is C12H8FN3. The maximum atomic E-state index is 12.8. The lowest BCUT2D eigenvalue weighted by Gasteiger charge is -2.03. The van der Waals surface area contributed by atoms with Crippen molar-refractivity contribution in [2.45, 2.75) is 0 Å². The molecule has 16 heavy (non-hydrogen) atoms. The lowest BCUT2D eigenvalue weighted by atomic mass is 10.3. The molecular weight excluding hydrogens is 205 g/mol. The van der Waals surface area contributed by atoms with Gasteiger partial charge in [-0.1, -0.05) is 0 Å². The number of benzene rings is 1. The van der Waals surface area contributed by atoms with Crippen LogP contribution in [0.2, 0.25) is 0 Å². The Morgan fingerprint density at radius 3 is 2.69 bits per heavy atom. The molecule has 0 fully saturated rings. The summed E-state index contributed by atoms with van der Waals surface area (Å²) in [5.74, 6) is -0.241. The van der Waals surface area contributed by atoms with E-state index in [2.05, 4.69) is 9.97 Å². The highest BCUT2D eigenvalue weighted by atomic mass is 19.1.